The zero-order chi connectivity index (χ0) is 21.3. The van der Waals surface area contributed by atoms with Gasteiger partial charge in [-0.05, 0) is 67.5 Å². The summed E-state index contributed by atoms with van der Waals surface area (Å²) in [5.74, 6) is -0.566. The molecule has 0 amide bonds. The summed E-state index contributed by atoms with van der Waals surface area (Å²) in [5, 5.41) is 1.09. The first-order valence-electron chi connectivity index (χ1n) is 10.5. The Labute approximate surface area is 196 Å². The maximum atomic E-state index is 14.2. The summed E-state index contributed by atoms with van der Waals surface area (Å²) in [6, 6.07) is 12.1. The van der Waals surface area contributed by atoms with E-state index in [2.05, 4.69) is 24.3 Å². The molecule has 0 N–H and O–H groups in total. The van der Waals surface area contributed by atoms with Crippen molar-refractivity contribution in [1.29, 1.82) is 0 Å². The fraction of sp³-hybridized carbons (Fsp3) is 0.240. The molecule has 0 bridgehead atoms. The fourth-order valence-electron chi connectivity index (χ4n) is 4.95. The van der Waals surface area contributed by atoms with Gasteiger partial charge in [0, 0.05) is 21.4 Å². The Morgan fingerprint density at radius 2 is 1.75 bits per heavy atom. The van der Waals surface area contributed by atoms with Crippen LogP contribution in [0, 0.1) is 12.7 Å². The van der Waals surface area contributed by atoms with Crippen LogP contribution in [0.2, 0.25) is 0 Å². The highest BCUT2D eigenvalue weighted by atomic mass is 35.5. The first kappa shape index (κ1) is 21.6. The van der Waals surface area contributed by atoms with Crippen molar-refractivity contribution >= 4 is 43.8 Å². The number of aromatic nitrogens is 1. The molecule has 0 saturated carbocycles. The number of aryl methyl sites for hydroxylation is 3. The van der Waals surface area contributed by atoms with Crippen LogP contribution in [0.25, 0.3) is 32.6 Å². The molecule has 2 aromatic heterocycles. The topological polar surface area (TPSA) is 47.0 Å². The van der Waals surface area contributed by atoms with E-state index in [4.69, 9.17) is 4.98 Å². The van der Waals surface area contributed by atoms with Gasteiger partial charge < -0.3 is 0 Å². The number of hydrogen-bond donors (Lipinski definition) is 0. The Kier molecular flexibility index (Phi) is 5.15. The van der Waals surface area contributed by atoms with Crippen LogP contribution < -0.4 is 0 Å². The van der Waals surface area contributed by atoms with Crippen molar-refractivity contribution in [1.82, 2.24) is 4.98 Å². The monoisotopic (exact) mass is 485 g/mol. The van der Waals surface area contributed by atoms with Crippen LogP contribution in [0.1, 0.15) is 34.4 Å². The molecule has 0 spiro atoms. The first-order valence-corrected chi connectivity index (χ1v) is 13.0. The van der Waals surface area contributed by atoms with Gasteiger partial charge in [0.25, 0.3) is 0 Å². The number of nitrogens with zero attached hydrogens (tertiary/aromatic N) is 1. The molecule has 0 fully saturated rings. The molecule has 0 saturated heterocycles. The van der Waals surface area contributed by atoms with Crippen molar-refractivity contribution in [3.63, 3.8) is 0 Å². The van der Waals surface area contributed by atoms with Gasteiger partial charge in [-0.25, -0.2) is 17.8 Å². The van der Waals surface area contributed by atoms with Crippen LogP contribution in [0.15, 0.2) is 47.4 Å². The van der Waals surface area contributed by atoms with Crippen molar-refractivity contribution < 1.29 is 12.8 Å². The van der Waals surface area contributed by atoms with Gasteiger partial charge >= 0.3 is 0 Å². The smallest absolute Gasteiger partial charge is 0.183 e. The number of fused-ring (bicyclic) bond motifs is 6. The van der Waals surface area contributed by atoms with Gasteiger partial charge in [-0.3, -0.25) is 0 Å². The van der Waals surface area contributed by atoms with Crippen molar-refractivity contribution in [2.24, 2.45) is 0 Å². The Morgan fingerprint density at radius 3 is 2.53 bits per heavy atom. The predicted octanol–water partition coefficient (Wildman–Crippen LogP) is 6.67. The van der Waals surface area contributed by atoms with Crippen molar-refractivity contribution in [2.45, 2.75) is 43.3 Å². The highest BCUT2D eigenvalue weighted by Gasteiger charge is 2.34. The highest BCUT2D eigenvalue weighted by molar-refractivity contribution is 7.91. The summed E-state index contributed by atoms with van der Waals surface area (Å²) in [6.45, 7) is 2.04. The largest absolute Gasteiger partial charge is 0.236 e. The maximum Gasteiger partial charge on any atom is 0.183 e. The minimum atomic E-state index is -3.59. The second-order valence-electron chi connectivity index (χ2n) is 8.47. The number of benzene rings is 2. The van der Waals surface area contributed by atoms with Gasteiger partial charge in [-0.2, -0.15) is 0 Å². The Hall–Kier alpha value is -2.28. The third kappa shape index (κ3) is 3.19. The molecule has 0 radical (unpaired) electrons. The summed E-state index contributed by atoms with van der Waals surface area (Å²) in [7, 11) is -3.59. The van der Waals surface area contributed by atoms with Crippen molar-refractivity contribution in [2.75, 3.05) is 0 Å². The molecular formula is C25H21ClFNO2S2. The van der Waals surface area contributed by atoms with E-state index in [-0.39, 0.29) is 23.1 Å². The number of hydrogen-bond acceptors (Lipinski definition) is 4. The van der Waals surface area contributed by atoms with Crippen molar-refractivity contribution in [3.8, 4) is 22.4 Å². The van der Waals surface area contributed by atoms with Crippen LogP contribution >= 0.6 is 23.7 Å². The van der Waals surface area contributed by atoms with Gasteiger partial charge in [0.1, 0.15) is 10.6 Å². The van der Waals surface area contributed by atoms with Gasteiger partial charge in [0.2, 0.25) is 0 Å². The molecule has 164 valence electrons. The van der Waals surface area contributed by atoms with Crippen LogP contribution in [0.4, 0.5) is 4.39 Å². The van der Waals surface area contributed by atoms with E-state index in [0.717, 1.165) is 46.2 Å². The minimum absolute atomic E-state index is 0. The highest BCUT2D eigenvalue weighted by Crippen LogP contribution is 2.48. The van der Waals surface area contributed by atoms with Crippen LogP contribution in [-0.2, 0) is 28.4 Å². The van der Waals surface area contributed by atoms with Gasteiger partial charge in [-0.1, -0.05) is 29.8 Å². The number of rotatable bonds is 1. The Bertz CT molecular complexity index is 1490. The lowest BCUT2D eigenvalue weighted by Crippen LogP contribution is -2.15. The van der Waals surface area contributed by atoms with Gasteiger partial charge in [0.05, 0.1) is 16.3 Å². The van der Waals surface area contributed by atoms with Gasteiger partial charge in [0.15, 0.2) is 9.84 Å². The third-order valence-corrected chi connectivity index (χ3v) is 9.29. The van der Waals surface area contributed by atoms with E-state index >= 15 is 0 Å². The first-order chi connectivity index (χ1) is 14.9. The molecular weight excluding hydrogens is 465 g/mol. The van der Waals surface area contributed by atoms with E-state index in [1.54, 1.807) is 11.3 Å². The Morgan fingerprint density at radius 1 is 1.00 bits per heavy atom. The van der Waals surface area contributed by atoms with E-state index in [1.807, 2.05) is 6.92 Å². The molecule has 0 unspecified atom stereocenters. The molecule has 2 aliphatic rings. The molecule has 0 atom stereocenters. The van der Waals surface area contributed by atoms with Crippen molar-refractivity contribution in [3.05, 3.63) is 69.8 Å². The molecule has 32 heavy (non-hydrogen) atoms. The normalized spacial score (nSPS) is 16.1. The fourth-order valence-corrected chi connectivity index (χ4v) is 7.81. The lowest BCUT2D eigenvalue weighted by molar-refractivity contribution is 0.593. The second-order valence-corrected chi connectivity index (χ2v) is 11.5. The predicted molar refractivity (Wildman–Crippen MR) is 130 cm³/mol. The lowest BCUT2D eigenvalue weighted by atomic mass is 9.89. The van der Waals surface area contributed by atoms with E-state index in [9.17, 15) is 12.8 Å². The quantitative estimate of drug-likeness (QED) is 0.283. The minimum Gasteiger partial charge on any atom is -0.236 e. The third-order valence-electron chi connectivity index (χ3n) is 6.41. The van der Waals surface area contributed by atoms with Gasteiger partial charge in [-0.15, -0.1) is 23.7 Å². The molecule has 7 heteroatoms. The van der Waals surface area contributed by atoms with E-state index < -0.39 is 15.7 Å². The van der Waals surface area contributed by atoms with E-state index in [1.165, 1.54) is 35.1 Å². The maximum absolute atomic E-state index is 14.2. The average molecular weight is 486 g/mol. The van der Waals surface area contributed by atoms with Crippen LogP contribution in [-0.4, -0.2) is 13.4 Å². The number of halogens is 2. The zero-order valence-corrected chi connectivity index (χ0v) is 19.9. The number of pyridine rings is 1. The zero-order valence-electron chi connectivity index (χ0n) is 17.4. The molecule has 3 nitrogen and oxygen atoms in total. The second kappa shape index (κ2) is 7.65. The number of thiophene rings is 1. The molecule has 1 aliphatic heterocycles. The van der Waals surface area contributed by atoms with Crippen LogP contribution in [0.5, 0.6) is 0 Å². The lowest BCUT2D eigenvalue weighted by Gasteiger charge is -2.23. The Balaban J connectivity index is 0.00000216. The standard InChI is InChI=1S/C25H20FNO2S2.ClH/c1-14-6-8-15(9-7-14)22-19-13-31(28,29)21-11-10-16(26)12-18(21)24(19)27-25-23(22)17-4-2-3-5-20(17)30-25;/h6-12H,2-5,13H2,1H3;1H. The van der Waals surface area contributed by atoms with Crippen LogP contribution in [0.3, 0.4) is 0 Å². The number of sulfone groups is 1. The SMILES string of the molecule is Cc1ccc(-c2c3c(nc4sc5c(c24)CCCC5)-c2cc(F)ccc2S(=O)(=O)C3)cc1.Cl. The summed E-state index contributed by atoms with van der Waals surface area (Å²) in [5.41, 5.74) is 6.10. The van der Waals surface area contributed by atoms with E-state index in [0.29, 0.717) is 16.8 Å². The summed E-state index contributed by atoms with van der Waals surface area (Å²) >= 11 is 1.71. The molecule has 1 aliphatic carbocycles. The molecule has 3 heterocycles. The summed E-state index contributed by atoms with van der Waals surface area (Å²) in [4.78, 5) is 7.41. The summed E-state index contributed by atoms with van der Waals surface area (Å²) < 4.78 is 40.6. The molecule has 6 rings (SSSR count). The average Bonchev–Trinajstić information content (AvgIpc) is 3.11. The molecule has 4 aromatic rings. The summed E-state index contributed by atoms with van der Waals surface area (Å²) in [6.07, 6.45) is 4.34. The molecule has 2 aromatic carbocycles.